The second kappa shape index (κ2) is 15.8. The number of likely N-dealkylation sites (N-methyl/N-ethyl adjacent to an activating group) is 2. The fourth-order valence-corrected chi connectivity index (χ4v) is 5.88. The van der Waals surface area contributed by atoms with Gasteiger partial charge in [0.25, 0.3) is 0 Å². The van der Waals surface area contributed by atoms with Crippen molar-refractivity contribution in [2.75, 3.05) is 52.4 Å². The molecular formula is C28H58N4O2S2. The van der Waals surface area contributed by atoms with E-state index < -0.39 is 0 Å². The molecule has 0 aliphatic rings. The van der Waals surface area contributed by atoms with Crippen LogP contribution in [0.1, 0.15) is 94.9 Å². The molecular weight excluding hydrogens is 488 g/mol. The molecule has 0 saturated heterocycles. The molecule has 1 unspecified atom stereocenters. The van der Waals surface area contributed by atoms with Crippen molar-refractivity contribution in [2.45, 2.75) is 104 Å². The Morgan fingerprint density at radius 1 is 0.667 bits per heavy atom. The summed E-state index contributed by atoms with van der Waals surface area (Å²) in [5, 5.41) is 6.18. The van der Waals surface area contributed by atoms with Crippen molar-refractivity contribution in [2.24, 2.45) is 10.8 Å². The molecule has 2 amide bonds. The molecule has 0 aromatic heterocycles. The molecule has 0 heterocycles. The molecule has 1 atom stereocenters. The lowest BCUT2D eigenvalue weighted by Crippen LogP contribution is -2.41. The lowest BCUT2D eigenvalue weighted by Gasteiger charge is -2.32. The molecule has 0 radical (unpaired) electrons. The molecule has 0 rings (SSSR count). The summed E-state index contributed by atoms with van der Waals surface area (Å²) in [6.07, 6.45) is 2.85. The van der Waals surface area contributed by atoms with Crippen LogP contribution in [0.4, 0.5) is 0 Å². The highest BCUT2D eigenvalue weighted by atomic mass is 32.1. The van der Waals surface area contributed by atoms with Crippen LogP contribution >= 0.6 is 25.3 Å². The highest BCUT2D eigenvalue weighted by molar-refractivity contribution is 7.82. The van der Waals surface area contributed by atoms with Crippen molar-refractivity contribution in [1.82, 2.24) is 20.4 Å². The van der Waals surface area contributed by atoms with Crippen molar-refractivity contribution >= 4 is 37.1 Å². The minimum atomic E-state index is -0.217. The maximum atomic E-state index is 12.4. The quantitative estimate of drug-likeness (QED) is 0.185. The van der Waals surface area contributed by atoms with Crippen LogP contribution in [0.15, 0.2) is 0 Å². The molecule has 0 spiro atoms. The van der Waals surface area contributed by atoms with E-state index in [-0.39, 0.29) is 32.1 Å². The number of nitrogens with zero attached hydrogens (tertiary/aromatic N) is 2. The second-order valence-corrected chi connectivity index (χ2v) is 15.6. The van der Waals surface area contributed by atoms with Gasteiger partial charge in [0.15, 0.2) is 0 Å². The Labute approximate surface area is 234 Å². The van der Waals surface area contributed by atoms with E-state index in [9.17, 15) is 9.59 Å². The van der Waals surface area contributed by atoms with E-state index >= 15 is 0 Å². The predicted molar refractivity (Wildman–Crippen MR) is 162 cm³/mol. The van der Waals surface area contributed by atoms with Gasteiger partial charge in [-0.1, -0.05) is 62.3 Å². The second-order valence-electron chi connectivity index (χ2n) is 13.3. The molecule has 0 aromatic rings. The summed E-state index contributed by atoms with van der Waals surface area (Å²) >= 11 is 9.40. The molecule has 36 heavy (non-hydrogen) atoms. The Bertz CT molecular complexity index is 599. The van der Waals surface area contributed by atoms with Gasteiger partial charge in [0.1, 0.15) is 0 Å². The lowest BCUT2D eigenvalue weighted by atomic mass is 9.83. The standard InChI is InChI=1S/C28H58N4O2S2/c1-11-31(15-13-23(33)29-21-26(6,7)20-27(8,9)35)17-18-32(12-2)16-14-24(34)30-22-28(10,36)19-25(3,4)5/h35-36H,11-22H2,1-10H3,(H,29,33)(H,30,34). The SMILES string of the molecule is CCN(CCC(=O)NCC(C)(C)CC(C)(C)S)CCN(CC)CCC(=O)NCC(C)(S)CC(C)(C)C. The van der Waals surface area contributed by atoms with E-state index in [1.807, 2.05) is 0 Å². The van der Waals surface area contributed by atoms with E-state index in [1.54, 1.807) is 0 Å². The minimum absolute atomic E-state index is 0.0113. The normalized spacial score (nSPS) is 14.7. The van der Waals surface area contributed by atoms with Crippen molar-refractivity contribution < 1.29 is 9.59 Å². The third kappa shape index (κ3) is 19.6. The van der Waals surface area contributed by atoms with E-state index in [0.717, 1.165) is 52.1 Å². The Morgan fingerprint density at radius 3 is 1.44 bits per heavy atom. The van der Waals surface area contributed by atoms with Crippen LogP contribution < -0.4 is 10.6 Å². The van der Waals surface area contributed by atoms with E-state index in [0.29, 0.717) is 25.9 Å². The maximum Gasteiger partial charge on any atom is 0.221 e. The lowest BCUT2D eigenvalue weighted by molar-refractivity contribution is -0.122. The van der Waals surface area contributed by atoms with Crippen LogP contribution in [0.2, 0.25) is 0 Å². The molecule has 0 fully saturated rings. The molecule has 0 bridgehead atoms. The van der Waals surface area contributed by atoms with Crippen molar-refractivity contribution in [1.29, 1.82) is 0 Å². The van der Waals surface area contributed by atoms with Gasteiger partial charge < -0.3 is 20.4 Å². The summed E-state index contributed by atoms with van der Waals surface area (Å²) in [6.45, 7) is 27.8. The number of amides is 2. The van der Waals surface area contributed by atoms with Crippen molar-refractivity contribution in [3.05, 3.63) is 0 Å². The first-order valence-electron chi connectivity index (χ1n) is 13.7. The summed E-state index contributed by atoms with van der Waals surface area (Å²) in [5.74, 6) is 0.182. The first-order valence-corrected chi connectivity index (χ1v) is 14.6. The third-order valence-corrected chi connectivity index (χ3v) is 6.66. The van der Waals surface area contributed by atoms with Crippen molar-refractivity contribution in [3.8, 4) is 0 Å². The van der Waals surface area contributed by atoms with Gasteiger partial charge in [-0.3, -0.25) is 9.59 Å². The summed E-state index contributed by atoms with van der Waals surface area (Å²) in [7, 11) is 0. The van der Waals surface area contributed by atoms with Gasteiger partial charge in [-0.15, -0.1) is 0 Å². The predicted octanol–water partition coefficient (Wildman–Crippen LogP) is 4.89. The van der Waals surface area contributed by atoms with Crippen LogP contribution in [0, 0.1) is 10.8 Å². The first kappa shape index (κ1) is 35.6. The highest BCUT2D eigenvalue weighted by Crippen LogP contribution is 2.31. The largest absolute Gasteiger partial charge is 0.356 e. The minimum Gasteiger partial charge on any atom is -0.356 e. The number of carbonyl (C=O) groups excluding carboxylic acids is 2. The van der Waals surface area contributed by atoms with Crippen LogP contribution in [-0.4, -0.2) is 83.5 Å². The fourth-order valence-electron chi connectivity index (χ4n) is 4.90. The maximum absolute atomic E-state index is 12.4. The van der Waals surface area contributed by atoms with Crippen LogP contribution in [0.25, 0.3) is 0 Å². The Hall–Kier alpha value is -0.440. The molecule has 0 aromatic carbocycles. The molecule has 0 saturated carbocycles. The van der Waals surface area contributed by atoms with Gasteiger partial charge in [-0.25, -0.2) is 0 Å². The van der Waals surface area contributed by atoms with Gasteiger partial charge in [0, 0.05) is 61.6 Å². The van der Waals surface area contributed by atoms with Gasteiger partial charge in [0.2, 0.25) is 11.8 Å². The van der Waals surface area contributed by atoms with E-state index in [2.05, 4.69) is 102 Å². The Morgan fingerprint density at radius 2 is 1.08 bits per heavy atom. The summed E-state index contributed by atoms with van der Waals surface area (Å²) < 4.78 is -0.274. The number of thiol groups is 2. The number of rotatable bonds is 18. The average molecular weight is 547 g/mol. The highest BCUT2D eigenvalue weighted by Gasteiger charge is 2.27. The topological polar surface area (TPSA) is 64.7 Å². The average Bonchev–Trinajstić information content (AvgIpc) is 2.69. The number of carbonyl (C=O) groups is 2. The van der Waals surface area contributed by atoms with E-state index in [1.165, 1.54) is 0 Å². The number of hydrogen-bond acceptors (Lipinski definition) is 6. The smallest absolute Gasteiger partial charge is 0.221 e. The molecule has 214 valence electrons. The molecule has 2 N–H and O–H groups in total. The molecule has 8 heteroatoms. The van der Waals surface area contributed by atoms with Gasteiger partial charge in [-0.2, -0.15) is 25.3 Å². The molecule has 0 aliphatic carbocycles. The Kier molecular flexibility index (Phi) is 15.7. The summed E-state index contributed by atoms with van der Waals surface area (Å²) in [4.78, 5) is 29.5. The third-order valence-electron chi connectivity index (χ3n) is 6.19. The number of nitrogens with one attached hydrogen (secondary N) is 2. The van der Waals surface area contributed by atoms with Crippen LogP contribution in [0.3, 0.4) is 0 Å². The molecule has 0 aliphatic heterocycles. The first-order chi connectivity index (χ1) is 16.3. The zero-order valence-corrected chi connectivity index (χ0v) is 26.9. The Balaban J connectivity index is 4.38. The fraction of sp³-hybridized carbons (Fsp3) is 0.929. The monoisotopic (exact) mass is 546 g/mol. The molecule has 6 nitrogen and oxygen atoms in total. The van der Waals surface area contributed by atoms with Crippen molar-refractivity contribution in [3.63, 3.8) is 0 Å². The summed E-state index contributed by atoms with van der Waals surface area (Å²) in [5.41, 5.74) is 0.184. The van der Waals surface area contributed by atoms with Crippen LogP contribution in [0.5, 0.6) is 0 Å². The van der Waals surface area contributed by atoms with Gasteiger partial charge in [0.05, 0.1) is 0 Å². The number of hydrogen-bond donors (Lipinski definition) is 4. The van der Waals surface area contributed by atoms with Gasteiger partial charge in [-0.05, 0) is 43.7 Å². The zero-order chi connectivity index (χ0) is 28.2. The zero-order valence-electron chi connectivity index (χ0n) is 25.1. The van der Waals surface area contributed by atoms with E-state index in [4.69, 9.17) is 12.6 Å². The summed E-state index contributed by atoms with van der Waals surface area (Å²) in [6, 6.07) is 0. The van der Waals surface area contributed by atoms with Crippen LogP contribution in [-0.2, 0) is 9.59 Å². The van der Waals surface area contributed by atoms with Gasteiger partial charge >= 0.3 is 0 Å².